The van der Waals surface area contributed by atoms with Crippen LogP contribution in [-0.4, -0.2) is 13.2 Å². The van der Waals surface area contributed by atoms with E-state index in [-0.39, 0.29) is 0 Å². The van der Waals surface area contributed by atoms with Gasteiger partial charge in [0.1, 0.15) is 0 Å². The van der Waals surface area contributed by atoms with E-state index in [2.05, 4.69) is 15.9 Å². The summed E-state index contributed by atoms with van der Waals surface area (Å²) in [4.78, 5) is 0. The average molecular weight is 369 g/mol. The van der Waals surface area contributed by atoms with E-state index in [0.717, 1.165) is 15.6 Å². The highest BCUT2D eigenvalue weighted by Crippen LogP contribution is 2.46. The third-order valence-electron chi connectivity index (χ3n) is 2.96. The van der Waals surface area contributed by atoms with Crippen LogP contribution in [0.5, 0.6) is 0 Å². The molecule has 0 heterocycles. The van der Waals surface area contributed by atoms with E-state index in [0.29, 0.717) is 18.5 Å². The van der Waals surface area contributed by atoms with Crippen molar-refractivity contribution in [2.75, 3.05) is 13.2 Å². The van der Waals surface area contributed by atoms with Crippen molar-refractivity contribution in [3.8, 4) is 11.1 Å². The molecule has 0 saturated carbocycles. The van der Waals surface area contributed by atoms with E-state index < -0.39 is 7.60 Å². The normalized spacial score (nSPS) is 11.6. The Hall–Kier alpha value is -0.930. The van der Waals surface area contributed by atoms with Gasteiger partial charge < -0.3 is 9.05 Å². The minimum Gasteiger partial charge on any atom is -0.305 e. The molecule has 0 N–H and O–H groups in total. The molecule has 0 atom stereocenters. The van der Waals surface area contributed by atoms with Gasteiger partial charge in [0.15, 0.2) is 0 Å². The Morgan fingerprint density at radius 2 is 1.29 bits per heavy atom. The van der Waals surface area contributed by atoms with Crippen LogP contribution in [0, 0.1) is 0 Å². The summed E-state index contributed by atoms with van der Waals surface area (Å²) < 4.78 is 24.4. The topological polar surface area (TPSA) is 35.5 Å². The standard InChI is InChI=1S/C16H18BrO3P/c1-3-19-21(18,20-4-2)16-11-7-14(8-12-16)13-5-9-15(17)10-6-13/h5-12H,3-4H2,1-2H3. The lowest BCUT2D eigenvalue weighted by Gasteiger charge is -2.17. The summed E-state index contributed by atoms with van der Waals surface area (Å²) in [5, 5.41) is 0.590. The van der Waals surface area contributed by atoms with E-state index >= 15 is 0 Å². The quantitative estimate of drug-likeness (QED) is 0.672. The molecule has 2 rings (SSSR count). The van der Waals surface area contributed by atoms with Crippen molar-refractivity contribution in [3.05, 3.63) is 53.0 Å². The lowest BCUT2D eigenvalue weighted by molar-refractivity contribution is 0.230. The summed E-state index contributed by atoms with van der Waals surface area (Å²) in [7, 11) is -3.20. The van der Waals surface area contributed by atoms with E-state index in [1.54, 1.807) is 0 Å². The Kier molecular flexibility index (Phi) is 5.77. The second kappa shape index (κ2) is 7.37. The monoisotopic (exact) mass is 368 g/mol. The highest BCUT2D eigenvalue weighted by Gasteiger charge is 2.26. The van der Waals surface area contributed by atoms with Gasteiger partial charge in [-0.25, -0.2) is 0 Å². The molecule has 0 bridgehead atoms. The summed E-state index contributed by atoms with van der Waals surface area (Å²) in [5.41, 5.74) is 2.16. The smallest absolute Gasteiger partial charge is 0.305 e. The van der Waals surface area contributed by atoms with Gasteiger partial charge in [0.05, 0.1) is 18.5 Å². The molecule has 0 aliphatic carbocycles. The molecule has 2 aromatic rings. The fraction of sp³-hybridized carbons (Fsp3) is 0.250. The summed E-state index contributed by atoms with van der Waals surface area (Å²) in [6.07, 6.45) is 0. The van der Waals surface area contributed by atoms with Crippen LogP contribution >= 0.6 is 23.5 Å². The molecule has 0 saturated heterocycles. The van der Waals surface area contributed by atoms with Gasteiger partial charge in [-0.05, 0) is 49.2 Å². The molecule has 0 amide bonds. The minimum absolute atomic E-state index is 0.353. The highest BCUT2D eigenvalue weighted by atomic mass is 79.9. The summed E-state index contributed by atoms with van der Waals surface area (Å²) in [6, 6.07) is 15.5. The lowest BCUT2D eigenvalue weighted by atomic mass is 10.1. The number of hydrogen-bond donors (Lipinski definition) is 0. The molecule has 0 aromatic heterocycles. The SMILES string of the molecule is CCOP(=O)(OCC)c1ccc(-c2ccc(Br)cc2)cc1. The lowest BCUT2D eigenvalue weighted by Crippen LogP contribution is -2.10. The van der Waals surface area contributed by atoms with Crippen LogP contribution in [0.1, 0.15) is 13.8 Å². The summed E-state index contributed by atoms with van der Waals surface area (Å²) in [5.74, 6) is 0. The second-order valence-electron chi connectivity index (χ2n) is 4.39. The molecular formula is C16H18BrO3P. The van der Waals surface area contributed by atoms with E-state index in [4.69, 9.17) is 9.05 Å². The van der Waals surface area contributed by atoms with Crippen molar-refractivity contribution in [2.24, 2.45) is 0 Å². The fourth-order valence-corrected chi connectivity index (χ4v) is 3.84. The Morgan fingerprint density at radius 3 is 1.71 bits per heavy atom. The van der Waals surface area contributed by atoms with Gasteiger partial charge in [0.2, 0.25) is 0 Å². The molecule has 0 unspecified atom stereocenters. The number of halogens is 1. The molecule has 0 spiro atoms. The Labute approximate surface area is 134 Å². The van der Waals surface area contributed by atoms with Crippen LogP contribution in [0.25, 0.3) is 11.1 Å². The van der Waals surface area contributed by atoms with Crippen LogP contribution in [0.3, 0.4) is 0 Å². The predicted molar refractivity (Wildman–Crippen MR) is 90.1 cm³/mol. The maximum absolute atomic E-state index is 12.7. The third-order valence-corrected chi connectivity index (χ3v) is 5.61. The van der Waals surface area contributed by atoms with E-state index in [1.807, 2.05) is 62.4 Å². The fourth-order valence-electron chi connectivity index (χ4n) is 2.01. The van der Waals surface area contributed by atoms with Crippen molar-refractivity contribution in [2.45, 2.75) is 13.8 Å². The van der Waals surface area contributed by atoms with E-state index in [1.165, 1.54) is 0 Å². The van der Waals surface area contributed by atoms with E-state index in [9.17, 15) is 4.57 Å². The molecule has 0 fully saturated rings. The van der Waals surface area contributed by atoms with Gasteiger partial charge >= 0.3 is 7.60 Å². The van der Waals surface area contributed by atoms with Gasteiger partial charge in [-0.2, -0.15) is 0 Å². The number of hydrogen-bond acceptors (Lipinski definition) is 3. The zero-order valence-electron chi connectivity index (χ0n) is 12.1. The first-order valence-corrected chi connectivity index (χ1v) is 9.18. The van der Waals surface area contributed by atoms with Crippen molar-refractivity contribution in [1.82, 2.24) is 0 Å². The molecule has 112 valence electrons. The molecule has 2 aromatic carbocycles. The van der Waals surface area contributed by atoms with Gasteiger partial charge in [-0.1, -0.05) is 40.2 Å². The van der Waals surface area contributed by atoms with Gasteiger partial charge in [-0.3, -0.25) is 4.57 Å². The molecule has 0 aliphatic rings. The van der Waals surface area contributed by atoms with Crippen molar-refractivity contribution >= 4 is 28.8 Å². The van der Waals surface area contributed by atoms with Crippen molar-refractivity contribution < 1.29 is 13.6 Å². The molecule has 0 aliphatic heterocycles. The molecule has 0 radical (unpaired) electrons. The maximum Gasteiger partial charge on any atom is 0.361 e. The Bertz CT molecular complexity index is 613. The molecule has 3 nitrogen and oxygen atoms in total. The minimum atomic E-state index is -3.20. The zero-order chi connectivity index (χ0) is 15.3. The van der Waals surface area contributed by atoms with Crippen LogP contribution < -0.4 is 5.30 Å². The van der Waals surface area contributed by atoms with Gasteiger partial charge in [0, 0.05) is 4.47 Å². The molecule has 5 heteroatoms. The summed E-state index contributed by atoms with van der Waals surface area (Å²) in [6.45, 7) is 4.32. The van der Waals surface area contributed by atoms with Gasteiger partial charge in [-0.15, -0.1) is 0 Å². The summed E-state index contributed by atoms with van der Waals surface area (Å²) >= 11 is 3.42. The van der Waals surface area contributed by atoms with Crippen molar-refractivity contribution in [1.29, 1.82) is 0 Å². The first-order chi connectivity index (χ1) is 10.1. The molecule has 21 heavy (non-hydrogen) atoms. The van der Waals surface area contributed by atoms with Gasteiger partial charge in [0.25, 0.3) is 0 Å². The Balaban J connectivity index is 2.29. The Morgan fingerprint density at radius 1 is 0.857 bits per heavy atom. The highest BCUT2D eigenvalue weighted by molar-refractivity contribution is 9.10. The first-order valence-electron chi connectivity index (χ1n) is 6.84. The third kappa shape index (κ3) is 4.04. The number of rotatable bonds is 6. The zero-order valence-corrected chi connectivity index (χ0v) is 14.6. The largest absolute Gasteiger partial charge is 0.361 e. The first kappa shape index (κ1) is 16.4. The van der Waals surface area contributed by atoms with Crippen LogP contribution in [0.2, 0.25) is 0 Å². The predicted octanol–water partition coefficient (Wildman–Crippen LogP) is 5.01. The van der Waals surface area contributed by atoms with Crippen LogP contribution in [0.4, 0.5) is 0 Å². The number of benzene rings is 2. The molecular weight excluding hydrogens is 351 g/mol. The van der Waals surface area contributed by atoms with Crippen LogP contribution in [-0.2, 0) is 13.6 Å². The second-order valence-corrected chi connectivity index (χ2v) is 7.33. The van der Waals surface area contributed by atoms with Crippen molar-refractivity contribution in [3.63, 3.8) is 0 Å². The average Bonchev–Trinajstić information content (AvgIpc) is 2.49. The maximum atomic E-state index is 12.7. The van der Waals surface area contributed by atoms with Crippen LogP contribution in [0.15, 0.2) is 53.0 Å².